The van der Waals surface area contributed by atoms with Gasteiger partial charge in [0.25, 0.3) is 0 Å². The number of ether oxygens (including phenoxy) is 1. The highest BCUT2D eigenvalue weighted by atomic mass is 35.5. The van der Waals surface area contributed by atoms with Crippen molar-refractivity contribution in [2.75, 3.05) is 41.5 Å². The van der Waals surface area contributed by atoms with Crippen molar-refractivity contribution < 1.29 is 26.7 Å². The first kappa shape index (κ1) is 37.5. The quantitative estimate of drug-likeness (QED) is 0.167. The molecule has 0 spiro atoms. The van der Waals surface area contributed by atoms with Gasteiger partial charge < -0.3 is 9.64 Å². The number of benzene rings is 2. The van der Waals surface area contributed by atoms with E-state index in [1.165, 1.54) is 24.1 Å². The number of aryl methyl sites for hydroxylation is 3. The number of alkyl halides is 3. The summed E-state index contributed by atoms with van der Waals surface area (Å²) in [5.74, 6) is -0.296. The highest BCUT2D eigenvalue weighted by Crippen LogP contribution is 2.32. The van der Waals surface area contributed by atoms with Crippen LogP contribution in [-0.4, -0.2) is 60.6 Å². The number of rotatable bonds is 13. The standard InChI is InChI=1S/C17H26ClNO2.C11H10Cl2F2N4O3S/c1-4-11-21-12-10-19(16(20)13-18)17-14(5-2)8-7-9-15(17)6-3;1-5-16-19(11(20)18(5)10(14)15)9-4-8(17-23(2,21)22)6(12)3-7(9)13/h7-9H,4-6,10-13H2,1-3H3;3-4,10,17H,1-2H3. The third kappa shape index (κ3) is 9.90. The largest absolute Gasteiger partial charge is 0.380 e. The molecule has 1 aromatic heterocycles. The molecule has 1 heterocycles. The summed E-state index contributed by atoms with van der Waals surface area (Å²) in [5.41, 5.74) is 2.12. The van der Waals surface area contributed by atoms with E-state index >= 15 is 0 Å². The fourth-order valence-electron chi connectivity index (χ4n) is 4.23. The molecule has 0 atom stereocenters. The molecule has 0 bridgehead atoms. The van der Waals surface area contributed by atoms with Gasteiger partial charge in [-0.25, -0.2) is 17.8 Å². The lowest BCUT2D eigenvalue weighted by Gasteiger charge is -2.27. The van der Waals surface area contributed by atoms with Crippen molar-refractivity contribution in [3.63, 3.8) is 0 Å². The SMILES string of the molecule is CCCOCCN(C(=O)CCl)c1c(CC)cccc1CC.Cc1nn(-c2cc(NS(C)(=O)=O)c(Cl)cc2Cl)c(=O)n1C(F)F. The maximum atomic E-state index is 12.8. The Balaban J connectivity index is 0.000000308. The summed E-state index contributed by atoms with van der Waals surface area (Å²) >= 11 is 17.6. The number of aromatic nitrogens is 3. The van der Waals surface area contributed by atoms with Crippen molar-refractivity contribution in [2.45, 2.75) is 53.5 Å². The third-order valence-electron chi connectivity index (χ3n) is 6.19. The summed E-state index contributed by atoms with van der Waals surface area (Å²) in [4.78, 5) is 26.1. The molecule has 0 aliphatic heterocycles. The predicted molar refractivity (Wildman–Crippen MR) is 172 cm³/mol. The Kier molecular flexibility index (Phi) is 14.6. The highest BCUT2D eigenvalue weighted by Gasteiger charge is 2.22. The molecular weight excluding hydrogens is 663 g/mol. The Hall–Kier alpha value is -2.71. The van der Waals surface area contributed by atoms with Gasteiger partial charge in [-0.2, -0.15) is 13.5 Å². The molecule has 0 saturated heterocycles. The molecule has 0 unspecified atom stereocenters. The number of halogens is 5. The number of sulfonamides is 1. The molecule has 244 valence electrons. The molecule has 1 amide bonds. The van der Waals surface area contributed by atoms with Crippen LogP contribution in [0.2, 0.25) is 10.0 Å². The molecule has 10 nitrogen and oxygen atoms in total. The molecule has 3 rings (SSSR count). The minimum atomic E-state index is -3.65. The fraction of sp³-hybridized carbons (Fsp3) is 0.464. The lowest BCUT2D eigenvalue weighted by Crippen LogP contribution is -2.36. The minimum absolute atomic E-state index is 0.00498. The lowest BCUT2D eigenvalue weighted by atomic mass is 10.0. The van der Waals surface area contributed by atoms with Crippen LogP contribution in [0.5, 0.6) is 0 Å². The van der Waals surface area contributed by atoms with E-state index in [1.54, 1.807) is 4.90 Å². The molecule has 3 aromatic rings. The van der Waals surface area contributed by atoms with Gasteiger partial charge in [-0.3, -0.25) is 9.52 Å². The second kappa shape index (κ2) is 17.1. The molecule has 0 saturated carbocycles. The van der Waals surface area contributed by atoms with Crippen LogP contribution in [0.25, 0.3) is 5.69 Å². The zero-order chi connectivity index (χ0) is 33.2. The van der Waals surface area contributed by atoms with E-state index in [2.05, 4.69) is 48.8 Å². The number of carbonyl (C=O) groups is 1. The van der Waals surface area contributed by atoms with Gasteiger partial charge in [0, 0.05) is 13.2 Å². The average molecular weight is 699 g/mol. The van der Waals surface area contributed by atoms with Crippen LogP contribution in [0.1, 0.15) is 50.7 Å². The Labute approximate surface area is 270 Å². The van der Waals surface area contributed by atoms with E-state index in [0.29, 0.717) is 17.8 Å². The van der Waals surface area contributed by atoms with Crippen LogP contribution < -0.4 is 15.3 Å². The van der Waals surface area contributed by atoms with Crippen LogP contribution in [-0.2, 0) is 32.4 Å². The third-order valence-corrected chi connectivity index (χ3v) is 7.63. The second-order valence-corrected chi connectivity index (χ2v) is 12.3. The molecule has 0 radical (unpaired) electrons. The predicted octanol–water partition coefficient (Wildman–Crippen LogP) is 6.23. The van der Waals surface area contributed by atoms with E-state index in [4.69, 9.17) is 39.5 Å². The summed E-state index contributed by atoms with van der Waals surface area (Å²) in [7, 11) is -3.65. The van der Waals surface area contributed by atoms with E-state index in [1.807, 2.05) is 0 Å². The number of anilines is 2. The normalized spacial score (nSPS) is 11.3. The summed E-state index contributed by atoms with van der Waals surface area (Å²) in [6.07, 6.45) is 3.67. The van der Waals surface area contributed by atoms with Gasteiger partial charge in [0.15, 0.2) is 0 Å². The molecule has 0 aliphatic carbocycles. The number of nitrogens with zero attached hydrogens (tertiary/aromatic N) is 4. The zero-order valence-electron chi connectivity index (χ0n) is 25.0. The lowest BCUT2D eigenvalue weighted by molar-refractivity contribution is -0.116. The van der Waals surface area contributed by atoms with Crippen LogP contribution in [0.15, 0.2) is 35.1 Å². The first-order valence-electron chi connectivity index (χ1n) is 13.7. The monoisotopic (exact) mass is 697 g/mol. The first-order chi connectivity index (χ1) is 20.7. The molecule has 44 heavy (non-hydrogen) atoms. The Morgan fingerprint density at radius 2 is 1.70 bits per heavy atom. The van der Waals surface area contributed by atoms with Crippen molar-refractivity contribution in [1.82, 2.24) is 14.3 Å². The van der Waals surface area contributed by atoms with Crippen LogP contribution in [0.4, 0.5) is 20.2 Å². The van der Waals surface area contributed by atoms with Gasteiger partial charge >= 0.3 is 12.2 Å². The number of hydrogen-bond donors (Lipinski definition) is 1. The van der Waals surface area contributed by atoms with Gasteiger partial charge in [0.05, 0.1) is 40.0 Å². The summed E-state index contributed by atoms with van der Waals surface area (Å²) < 4.78 is 56.8. The minimum Gasteiger partial charge on any atom is -0.380 e. The van der Waals surface area contributed by atoms with Gasteiger partial charge in [-0.05, 0) is 49.4 Å². The van der Waals surface area contributed by atoms with Gasteiger partial charge in [0.2, 0.25) is 15.9 Å². The fourth-order valence-corrected chi connectivity index (χ4v) is 5.51. The highest BCUT2D eigenvalue weighted by molar-refractivity contribution is 7.92. The molecular formula is C28H36Cl3F2N5O5S. The summed E-state index contributed by atoms with van der Waals surface area (Å²) in [5, 5.41) is 3.63. The van der Waals surface area contributed by atoms with Gasteiger partial charge in [0.1, 0.15) is 11.7 Å². The van der Waals surface area contributed by atoms with Gasteiger partial charge in [-0.15, -0.1) is 16.7 Å². The number of hydrogen-bond acceptors (Lipinski definition) is 6. The average Bonchev–Trinajstić information content (AvgIpc) is 3.26. The zero-order valence-corrected chi connectivity index (χ0v) is 28.1. The Morgan fingerprint density at radius 1 is 1.09 bits per heavy atom. The van der Waals surface area contributed by atoms with Crippen molar-refractivity contribution in [1.29, 1.82) is 0 Å². The number of para-hydroxylation sites is 1. The van der Waals surface area contributed by atoms with Crippen LogP contribution in [0, 0.1) is 6.92 Å². The first-order valence-corrected chi connectivity index (χ1v) is 16.9. The molecule has 1 N–H and O–H groups in total. The smallest absolute Gasteiger partial charge is 0.355 e. The maximum Gasteiger partial charge on any atom is 0.355 e. The van der Waals surface area contributed by atoms with Gasteiger partial charge in [-0.1, -0.05) is 62.2 Å². The topological polar surface area (TPSA) is 116 Å². The van der Waals surface area contributed by atoms with Crippen LogP contribution in [0.3, 0.4) is 0 Å². The maximum absolute atomic E-state index is 12.8. The van der Waals surface area contributed by atoms with Crippen LogP contribution >= 0.6 is 34.8 Å². The Bertz CT molecular complexity index is 1580. The van der Waals surface area contributed by atoms with E-state index < -0.39 is 22.3 Å². The second-order valence-electron chi connectivity index (χ2n) is 9.47. The Morgan fingerprint density at radius 3 is 2.18 bits per heavy atom. The van der Waals surface area contributed by atoms with E-state index in [9.17, 15) is 26.8 Å². The summed E-state index contributed by atoms with van der Waals surface area (Å²) in [6.45, 7) is 6.25. The summed E-state index contributed by atoms with van der Waals surface area (Å²) in [6, 6.07) is 8.52. The van der Waals surface area contributed by atoms with Crippen molar-refractivity contribution >= 4 is 62.1 Å². The number of carbonyl (C=O) groups excluding carboxylic acids is 1. The van der Waals surface area contributed by atoms with E-state index in [0.717, 1.165) is 43.9 Å². The number of nitrogens with one attached hydrogen (secondary N) is 1. The molecule has 0 aliphatic rings. The number of amides is 1. The van der Waals surface area contributed by atoms with E-state index in [-0.39, 0.29) is 43.6 Å². The molecule has 0 fully saturated rings. The van der Waals surface area contributed by atoms with Crippen molar-refractivity contribution in [2.24, 2.45) is 0 Å². The van der Waals surface area contributed by atoms with Crippen molar-refractivity contribution in [3.05, 3.63) is 67.8 Å². The van der Waals surface area contributed by atoms with Crippen molar-refractivity contribution in [3.8, 4) is 5.69 Å². The molecule has 2 aromatic carbocycles. The molecule has 16 heteroatoms.